The minimum Gasteiger partial charge on any atom is -0.309 e. The third-order valence-electron chi connectivity index (χ3n) is 10.7. The van der Waals surface area contributed by atoms with Crippen LogP contribution in [-0.2, 0) is 0 Å². The lowest BCUT2D eigenvalue weighted by molar-refractivity contribution is 1.14. The van der Waals surface area contributed by atoms with Gasteiger partial charge in [-0.3, -0.25) is 0 Å². The molecule has 0 unspecified atom stereocenters. The smallest absolute Gasteiger partial charge is 0.0991 e. The molecule has 0 fully saturated rings. The maximum atomic E-state index is 9.29. The molecule has 0 radical (unpaired) electrons. The SMILES string of the molecule is C=CC.N#Cc1ccc(Sc2ccc(-n3c4cc5c(cc4c4ccc6c7ccccc7n(-c7ccccc7)c6c43)c3ccccc3n5-c3ccccc3)cc2)cc1. The van der Waals surface area contributed by atoms with Gasteiger partial charge in [-0.25, -0.2) is 0 Å². The Bertz CT molecular complexity index is 3330. The van der Waals surface area contributed by atoms with Crippen LogP contribution in [0.4, 0.5) is 0 Å². The number of hydrogen-bond acceptors (Lipinski definition) is 2. The lowest BCUT2D eigenvalue weighted by atomic mass is 10.1. The highest BCUT2D eigenvalue weighted by molar-refractivity contribution is 7.99. The molecule has 0 bridgehead atoms. The number of hydrogen-bond donors (Lipinski definition) is 0. The maximum absolute atomic E-state index is 9.29. The lowest BCUT2D eigenvalue weighted by Gasteiger charge is -2.13. The second-order valence-corrected chi connectivity index (χ2v) is 15.2. The van der Waals surface area contributed by atoms with Crippen LogP contribution in [0.3, 0.4) is 0 Å². The molecule has 3 heterocycles. The van der Waals surface area contributed by atoms with Gasteiger partial charge in [-0.2, -0.15) is 5.26 Å². The zero-order chi connectivity index (χ0) is 38.5. The van der Waals surface area contributed by atoms with E-state index in [9.17, 15) is 5.26 Å². The highest BCUT2D eigenvalue weighted by atomic mass is 32.2. The Balaban J connectivity index is 0.00000128. The van der Waals surface area contributed by atoms with Crippen molar-refractivity contribution in [3.05, 3.63) is 200 Å². The van der Waals surface area contributed by atoms with Gasteiger partial charge in [-0.15, -0.1) is 6.58 Å². The molecule has 0 saturated carbocycles. The number of allylic oxidation sites excluding steroid dienone is 1. The molecule has 4 nitrogen and oxygen atoms in total. The minimum atomic E-state index is 0.667. The molecule has 0 amide bonds. The van der Waals surface area contributed by atoms with Crippen molar-refractivity contribution < 1.29 is 0 Å². The summed E-state index contributed by atoms with van der Waals surface area (Å²) in [5.74, 6) is 0. The van der Waals surface area contributed by atoms with E-state index in [0.717, 1.165) is 32.4 Å². The fourth-order valence-electron chi connectivity index (χ4n) is 8.37. The fourth-order valence-corrected chi connectivity index (χ4v) is 9.19. The van der Waals surface area contributed by atoms with Gasteiger partial charge >= 0.3 is 0 Å². The first-order chi connectivity index (χ1) is 28.2. The van der Waals surface area contributed by atoms with Crippen LogP contribution in [0.2, 0.25) is 0 Å². The van der Waals surface area contributed by atoms with Gasteiger partial charge in [-0.05, 0) is 104 Å². The van der Waals surface area contributed by atoms with Crippen molar-refractivity contribution in [2.24, 2.45) is 0 Å². The molecule has 0 saturated heterocycles. The second-order valence-electron chi connectivity index (χ2n) is 14.1. The Morgan fingerprint density at radius 2 is 0.860 bits per heavy atom. The van der Waals surface area contributed by atoms with Gasteiger partial charge in [0.15, 0.2) is 0 Å². The van der Waals surface area contributed by atoms with Gasteiger partial charge in [0.05, 0.1) is 44.7 Å². The van der Waals surface area contributed by atoms with E-state index in [2.05, 4.69) is 184 Å². The van der Waals surface area contributed by atoms with E-state index in [0.29, 0.717) is 5.56 Å². The zero-order valence-electron chi connectivity index (χ0n) is 31.3. The molecule has 0 spiro atoms. The quantitative estimate of drug-likeness (QED) is 0.164. The predicted octanol–water partition coefficient (Wildman–Crippen LogP) is 14.2. The van der Waals surface area contributed by atoms with Crippen LogP contribution in [-0.4, -0.2) is 13.7 Å². The summed E-state index contributed by atoms with van der Waals surface area (Å²) >= 11 is 1.70. The number of nitrogens with zero attached hydrogens (tertiary/aromatic N) is 4. The molecule has 0 aliphatic rings. The third-order valence-corrected chi connectivity index (χ3v) is 11.7. The summed E-state index contributed by atoms with van der Waals surface area (Å²) < 4.78 is 7.32. The molecule has 11 aromatic rings. The summed E-state index contributed by atoms with van der Waals surface area (Å²) in [6.07, 6.45) is 1.75. The second kappa shape index (κ2) is 14.1. The van der Waals surface area contributed by atoms with Crippen LogP contribution in [0, 0.1) is 11.3 Å². The number of nitriles is 1. The summed E-state index contributed by atoms with van der Waals surface area (Å²) in [4.78, 5) is 2.24. The Morgan fingerprint density at radius 3 is 1.46 bits per heavy atom. The highest BCUT2D eigenvalue weighted by Crippen LogP contribution is 2.44. The van der Waals surface area contributed by atoms with E-state index in [1.165, 1.54) is 59.9 Å². The van der Waals surface area contributed by atoms with Gasteiger partial charge < -0.3 is 13.7 Å². The third kappa shape index (κ3) is 5.61. The van der Waals surface area contributed by atoms with Crippen molar-refractivity contribution in [3.8, 4) is 23.1 Å². The molecule has 3 aromatic heterocycles. The molecule has 11 rings (SSSR count). The first-order valence-electron chi connectivity index (χ1n) is 19.1. The van der Waals surface area contributed by atoms with Crippen molar-refractivity contribution in [3.63, 3.8) is 0 Å². The van der Waals surface area contributed by atoms with Gasteiger partial charge in [-0.1, -0.05) is 103 Å². The Kier molecular flexibility index (Phi) is 8.48. The molecule has 8 aromatic carbocycles. The summed E-state index contributed by atoms with van der Waals surface area (Å²) in [5, 5.41) is 16.6. The van der Waals surface area contributed by atoms with Crippen LogP contribution in [0.25, 0.3) is 82.5 Å². The van der Waals surface area contributed by atoms with E-state index in [1.54, 1.807) is 17.8 Å². The summed E-state index contributed by atoms with van der Waals surface area (Å²) in [6.45, 7) is 5.25. The number of rotatable bonds is 5. The number of fused-ring (bicyclic) bond motifs is 10. The number of benzene rings is 8. The molecule has 270 valence electrons. The number of aromatic nitrogens is 3. The Morgan fingerprint density at radius 1 is 0.439 bits per heavy atom. The molecule has 0 atom stereocenters. The zero-order valence-corrected chi connectivity index (χ0v) is 32.1. The van der Waals surface area contributed by atoms with Gasteiger partial charge in [0.1, 0.15) is 0 Å². The monoisotopic (exact) mass is 748 g/mol. The first kappa shape index (κ1) is 34.2. The van der Waals surface area contributed by atoms with E-state index in [1.807, 2.05) is 31.2 Å². The van der Waals surface area contributed by atoms with E-state index < -0.39 is 0 Å². The molecular weight excluding hydrogens is 713 g/mol. The van der Waals surface area contributed by atoms with Gasteiger partial charge in [0.2, 0.25) is 0 Å². The molecule has 0 N–H and O–H groups in total. The van der Waals surface area contributed by atoms with E-state index >= 15 is 0 Å². The molecular formula is C52H36N4S. The van der Waals surface area contributed by atoms with Crippen LogP contribution >= 0.6 is 11.8 Å². The minimum absolute atomic E-state index is 0.667. The van der Waals surface area contributed by atoms with Crippen LogP contribution < -0.4 is 0 Å². The molecule has 57 heavy (non-hydrogen) atoms. The topological polar surface area (TPSA) is 38.6 Å². The summed E-state index contributed by atoms with van der Waals surface area (Å²) in [6, 6.07) is 67.3. The summed E-state index contributed by atoms with van der Waals surface area (Å²) in [5.41, 5.74) is 11.1. The van der Waals surface area contributed by atoms with Crippen molar-refractivity contribution in [2.75, 3.05) is 0 Å². The first-order valence-corrected chi connectivity index (χ1v) is 19.9. The van der Waals surface area contributed by atoms with Crippen molar-refractivity contribution in [1.29, 1.82) is 5.26 Å². The lowest BCUT2D eigenvalue weighted by Crippen LogP contribution is -1.99. The highest BCUT2D eigenvalue weighted by Gasteiger charge is 2.23. The Labute approximate surface area is 334 Å². The van der Waals surface area contributed by atoms with Crippen molar-refractivity contribution in [2.45, 2.75) is 16.7 Å². The fraction of sp³-hybridized carbons (Fsp3) is 0.0192. The average molecular weight is 749 g/mol. The van der Waals surface area contributed by atoms with Crippen molar-refractivity contribution in [1.82, 2.24) is 13.7 Å². The van der Waals surface area contributed by atoms with Gasteiger partial charge in [0.25, 0.3) is 0 Å². The molecule has 5 heteroatoms. The maximum Gasteiger partial charge on any atom is 0.0991 e. The van der Waals surface area contributed by atoms with Crippen LogP contribution in [0.5, 0.6) is 0 Å². The normalized spacial score (nSPS) is 11.4. The summed E-state index contributed by atoms with van der Waals surface area (Å²) in [7, 11) is 0. The largest absolute Gasteiger partial charge is 0.309 e. The van der Waals surface area contributed by atoms with Crippen molar-refractivity contribution >= 4 is 77.2 Å². The van der Waals surface area contributed by atoms with Crippen LogP contribution in [0.1, 0.15) is 12.5 Å². The number of para-hydroxylation sites is 4. The molecule has 0 aliphatic carbocycles. The average Bonchev–Trinajstić information content (AvgIpc) is 3.90. The Hall–Kier alpha value is -7.26. The van der Waals surface area contributed by atoms with E-state index in [-0.39, 0.29) is 0 Å². The van der Waals surface area contributed by atoms with Crippen LogP contribution in [0.15, 0.2) is 204 Å². The van der Waals surface area contributed by atoms with E-state index in [4.69, 9.17) is 0 Å². The van der Waals surface area contributed by atoms with Gasteiger partial charge in [0, 0.05) is 59.2 Å². The molecule has 0 aliphatic heterocycles. The predicted molar refractivity (Wildman–Crippen MR) is 241 cm³/mol. The standard InChI is InChI=1S/C49H30N4S.C3H6/c50-31-32-19-23-36(24-20-32)54-37-25-21-35(22-26-37)53-47-30-46-42(39-16-8-9-17-44(39)51(46)33-11-3-1-4-12-33)29-43(47)41-28-27-40-38-15-7-10-18-45(38)52(48(40)49(41)53)34-13-5-2-6-14-34;1-3-2/h1-30H;3H,1H2,2H3.